The monoisotopic (exact) mass is 540 g/mol. The zero-order valence-corrected chi connectivity index (χ0v) is 20.3. The molecule has 1 aliphatic heterocycles. The van der Waals surface area contributed by atoms with Gasteiger partial charge in [-0.05, 0) is 66.7 Å². The second kappa shape index (κ2) is 10.5. The average molecular weight is 540 g/mol. The van der Waals surface area contributed by atoms with Crippen LogP contribution < -0.4 is 9.64 Å². The van der Waals surface area contributed by atoms with E-state index in [0.717, 1.165) is 11.0 Å². The second-order valence-corrected chi connectivity index (χ2v) is 8.34. The Morgan fingerprint density at radius 3 is 2.17 bits per heavy atom. The van der Waals surface area contributed by atoms with Crippen LogP contribution in [-0.2, 0) is 4.74 Å². The maximum Gasteiger partial charge on any atom is 0.379 e. The standard InChI is InChI=1S/C28H16N2O10/c31-22(16-8-12-19(13-9-16)40-28(35)23-5-2-14-38-23)15-39-27(34)17-6-10-18(11-7-17)29-25(32)20-3-1-4-21(30(36)37)24(20)26(29)33/h1-14H,15H2. The summed E-state index contributed by atoms with van der Waals surface area (Å²) in [5.41, 5.74) is -0.526. The van der Waals surface area contributed by atoms with Crippen molar-refractivity contribution >= 4 is 40.9 Å². The highest BCUT2D eigenvalue weighted by Gasteiger charge is 2.41. The van der Waals surface area contributed by atoms with Gasteiger partial charge >= 0.3 is 11.9 Å². The van der Waals surface area contributed by atoms with Crippen molar-refractivity contribution in [3.63, 3.8) is 0 Å². The number of anilines is 1. The molecule has 12 nitrogen and oxygen atoms in total. The molecule has 0 aliphatic carbocycles. The van der Waals surface area contributed by atoms with Crippen molar-refractivity contribution in [2.45, 2.75) is 0 Å². The van der Waals surface area contributed by atoms with Crippen LogP contribution in [0.1, 0.15) is 52.0 Å². The Labute approximate surface area is 224 Å². The van der Waals surface area contributed by atoms with Gasteiger partial charge in [0.2, 0.25) is 5.76 Å². The summed E-state index contributed by atoms with van der Waals surface area (Å²) in [6, 6.07) is 17.6. The van der Waals surface area contributed by atoms with Crippen LogP contribution in [-0.4, -0.2) is 41.1 Å². The molecule has 3 aromatic carbocycles. The molecule has 198 valence electrons. The predicted octanol–water partition coefficient (Wildman–Crippen LogP) is 4.25. The van der Waals surface area contributed by atoms with E-state index in [2.05, 4.69) is 0 Å². The number of furan rings is 1. The number of ketones is 1. The quantitative estimate of drug-likeness (QED) is 0.0788. The highest BCUT2D eigenvalue weighted by atomic mass is 16.6. The van der Waals surface area contributed by atoms with Crippen molar-refractivity contribution in [2.24, 2.45) is 0 Å². The van der Waals surface area contributed by atoms with Gasteiger partial charge in [0.1, 0.15) is 11.3 Å². The van der Waals surface area contributed by atoms with Gasteiger partial charge in [0.15, 0.2) is 12.4 Å². The highest BCUT2D eigenvalue weighted by Crippen LogP contribution is 2.34. The van der Waals surface area contributed by atoms with E-state index < -0.39 is 46.8 Å². The summed E-state index contributed by atoms with van der Waals surface area (Å²) >= 11 is 0. The fraction of sp³-hybridized carbons (Fsp3) is 0.0357. The largest absolute Gasteiger partial charge is 0.457 e. The molecule has 0 spiro atoms. The summed E-state index contributed by atoms with van der Waals surface area (Å²) < 4.78 is 15.2. The molecule has 5 rings (SSSR count). The third-order valence-corrected chi connectivity index (χ3v) is 5.89. The Morgan fingerprint density at radius 1 is 0.825 bits per heavy atom. The first-order valence-corrected chi connectivity index (χ1v) is 11.6. The number of nitro groups is 1. The molecular formula is C28H16N2O10. The van der Waals surface area contributed by atoms with Crippen LogP contribution in [0.2, 0.25) is 0 Å². The third kappa shape index (κ3) is 4.84. The zero-order valence-electron chi connectivity index (χ0n) is 20.3. The molecule has 0 saturated heterocycles. The molecule has 0 N–H and O–H groups in total. The van der Waals surface area contributed by atoms with E-state index in [9.17, 15) is 34.1 Å². The molecule has 0 atom stereocenters. The first-order chi connectivity index (χ1) is 19.2. The molecule has 1 aromatic heterocycles. The van der Waals surface area contributed by atoms with E-state index >= 15 is 0 Å². The molecular weight excluding hydrogens is 524 g/mol. The van der Waals surface area contributed by atoms with E-state index in [-0.39, 0.29) is 39.5 Å². The summed E-state index contributed by atoms with van der Waals surface area (Å²) in [7, 11) is 0. The van der Waals surface area contributed by atoms with Gasteiger partial charge in [-0.3, -0.25) is 24.5 Å². The number of hydrogen-bond acceptors (Lipinski definition) is 10. The summed E-state index contributed by atoms with van der Waals surface area (Å²) in [5, 5.41) is 11.3. The van der Waals surface area contributed by atoms with Gasteiger partial charge in [-0.25, -0.2) is 14.5 Å². The predicted molar refractivity (Wildman–Crippen MR) is 135 cm³/mol. The Kier molecular flexibility index (Phi) is 6.72. The topological polar surface area (TPSA) is 163 Å². The van der Waals surface area contributed by atoms with Gasteiger partial charge in [-0.15, -0.1) is 0 Å². The van der Waals surface area contributed by atoms with Crippen molar-refractivity contribution in [1.29, 1.82) is 0 Å². The lowest BCUT2D eigenvalue weighted by Gasteiger charge is -2.14. The fourth-order valence-electron chi connectivity index (χ4n) is 3.96. The number of carbonyl (C=O) groups is 5. The van der Waals surface area contributed by atoms with Crippen LogP contribution in [0.15, 0.2) is 89.5 Å². The number of Topliss-reactive ketones (excluding diaryl/α,β-unsaturated/α-hetero) is 1. The van der Waals surface area contributed by atoms with Gasteiger partial charge in [0, 0.05) is 11.6 Å². The van der Waals surface area contributed by atoms with Crippen molar-refractivity contribution in [2.75, 3.05) is 11.5 Å². The van der Waals surface area contributed by atoms with Crippen LogP contribution in [0, 0.1) is 10.1 Å². The molecule has 0 fully saturated rings. The third-order valence-electron chi connectivity index (χ3n) is 5.89. The molecule has 2 heterocycles. The van der Waals surface area contributed by atoms with Crippen LogP contribution >= 0.6 is 0 Å². The summed E-state index contributed by atoms with van der Waals surface area (Å²) in [4.78, 5) is 73.8. The number of benzene rings is 3. The van der Waals surface area contributed by atoms with E-state index in [4.69, 9.17) is 13.9 Å². The minimum Gasteiger partial charge on any atom is -0.457 e. The molecule has 0 bridgehead atoms. The van der Waals surface area contributed by atoms with Crippen LogP contribution in [0.4, 0.5) is 11.4 Å². The molecule has 12 heteroatoms. The lowest BCUT2D eigenvalue weighted by Crippen LogP contribution is -2.29. The van der Waals surface area contributed by atoms with Crippen LogP contribution in [0.3, 0.4) is 0 Å². The van der Waals surface area contributed by atoms with Crippen molar-refractivity contribution in [3.8, 4) is 5.75 Å². The number of esters is 2. The minimum atomic E-state index is -0.852. The van der Waals surface area contributed by atoms with E-state index in [1.807, 2.05) is 0 Å². The lowest BCUT2D eigenvalue weighted by atomic mass is 10.1. The number of imide groups is 1. The van der Waals surface area contributed by atoms with Gasteiger partial charge in [0.05, 0.1) is 28.0 Å². The van der Waals surface area contributed by atoms with Crippen molar-refractivity contribution in [3.05, 3.63) is 123 Å². The molecule has 0 saturated carbocycles. The number of nitrogens with zero attached hydrogens (tertiary/aromatic N) is 2. The SMILES string of the molecule is O=C(COC(=O)c1ccc(N2C(=O)c3cccc([N+](=O)[O-])c3C2=O)cc1)c1ccc(OC(=O)c2ccco2)cc1. The maximum atomic E-state index is 12.8. The van der Waals surface area contributed by atoms with Crippen molar-refractivity contribution in [1.82, 2.24) is 0 Å². The van der Waals surface area contributed by atoms with E-state index in [0.29, 0.717) is 0 Å². The van der Waals surface area contributed by atoms with E-state index in [1.165, 1.54) is 79.1 Å². The lowest BCUT2D eigenvalue weighted by molar-refractivity contribution is -0.385. The van der Waals surface area contributed by atoms with Gasteiger partial charge in [-0.2, -0.15) is 0 Å². The number of nitro benzene ring substituents is 1. The van der Waals surface area contributed by atoms with Gasteiger partial charge < -0.3 is 13.9 Å². The molecule has 0 unspecified atom stereocenters. The minimum absolute atomic E-state index is 0.0211. The highest BCUT2D eigenvalue weighted by molar-refractivity contribution is 6.35. The van der Waals surface area contributed by atoms with E-state index in [1.54, 1.807) is 0 Å². The Balaban J connectivity index is 1.20. The smallest absolute Gasteiger partial charge is 0.379 e. The number of hydrogen-bond donors (Lipinski definition) is 0. The first-order valence-electron chi connectivity index (χ1n) is 11.6. The van der Waals surface area contributed by atoms with Gasteiger partial charge in [0.25, 0.3) is 17.5 Å². The Morgan fingerprint density at radius 2 is 1.52 bits per heavy atom. The maximum absolute atomic E-state index is 12.8. The van der Waals surface area contributed by atoms with Gasteiger partial charge in [-0.1, -0.05) is 6.07 Å². The molecule has 40 heavy (non-hydrogen) atoms. The Bertz CT molecular complexity index is 1670. The van der Waals surface area contributed by atoms with Crippen molar-refractivity contribution < 1.29 is 42.8 Å². The zero-order chi connectivity index (χ0) is 28.4. The summed E-state index contributed by atoms with van der Waals surface area (Å²) in [5.74, 6) is -3.42. The summed E-state index contributed by atoms with van der Waals surface area (Å²) in [6.45, 7) is -0.575. The first kappa shape index (κ1) is 25.7. The second-order valence-electron chi connectivity index (χ2n) is 8.34. The van der Waals surface area contributed by atoms with Crippen LogP contribution in [0.5, 0.6) is 5.75 Å². The molecule has 1 aliphatic rings. The number of rotatable bonds is 8. The Hall–Kier alpha value is -5.91. The molecule has 0 radical (unpaired) electrons. The normalized spacial score (nSPS) is 12.2. The fourth-order valence-corrected chi connectivity index (χ4v) is 3.96. The number of ether oxygens (including phenoxy) is 2. The number of fused-ring (bicyclic) bond motifs is 1. The molecule has 2 amide bonds. The molecule has 4 aromatic rings. The average Bonchev–Trinajstić information content (AvgIpc) is 3.59. The number of carbonyl (C=O) groups excluding carboxylic acids is 5. The number of amides is 2. The summed E-state index contributed by atoms with van der Waals surface area (Å²) in [6.07, 6.45) is 1.33. The van der Waals surface area contributed by atoms with Crippen LogP contribution in [0.25, 0.3) is 0 Å².